The molecule has 1 aromatic carbocycles. The lowest BCUT2D eigenvalue weighted by molar-refractivity contribution is -0.123. The van der Waals surface area contributed by atoms with Gasteiger partial charge in [-0.2, -0.15) is 4.72 Å². The van der Waals surface area contributed by atoms with Crippen LogP contribution in [0.1, 0.15) is 19.4 Å². The third kappa shape index (κ3) is 5.54. The Kier molecular flexibility index (Phi) is 7.01. The van der Waals surface area contributed by atoms with Crippen molar-refractivity contribution in [2.24, 2.45) is 5.92 Å². The number of rotatable bonds is 8. The number of nitrogens with one attached hydrogen (secondary N) is 2. The molecule has 0 saturated carbocycles. The summed E-state index contributed by atoms with van der Waals surface area (Å²) < 4.78 is 27.4. The predicted octanol–water partition coefficient (Wildman–Crippen LogP) is 3.06. The highest BCUT2D eigenvalue weighted by atomic mass is 35.5. The molecule has 25 heavy (non-hydrogen) atoms. The molecule has 0 fully saturated rings. The summed E-state index contributed by atoms with van der Waals surface area (Å²) in [4.78, 5) is 12.4. The van der Waals surface area contributed by atoms with Gasteiger partial charge in [0, 0.05) is 11.6 Å². The van der Waals surface area contributed by atoms with Crippen molar-refractivity contribution in [3.63, 3.8) is 0 Å². The molecule has 0 saturated heterocycles. The molecular formula is C17H21ClN2O3S2. The van der Waals surface area contributed by atoms with E-state index in [9.17, 15) is 13.2 Å². The second kappa shape index (κ2) is 8.80. The molecule has 1 atom stereocenters. The van der Waals surface area contributed by atoms with Crippen molar-refractivity contribution in [3.05, 3.63) is 52.4 Å². The van der Waals surface area contributed by atoms with Crippen LogP contribution < -0.4 is 10.0 Å². The standard InChI is InChI=1S/C17H21ClN2O3S2/c1-12(2)16(20-25(22,23)15-8-5-11-24-15)17(21)19-10-9-13-6-3-4-7-14(13)18/h3-8,11-12,16,20H,9-10H2,1-2H3,(H,19,21). The van der Waals surface area contributed by atoms with E-state index in [1.54, 1.807) is 31.4 Å². The molecule has 1 amide bonds. The van der Waals surface area contributed by atoms with E-state index in [4.69, 9.17) is 11.6 Å². The summed E-state index contributed by atoms with van der Waals surface area (Å²) in [7, 11) is -3.70. The van der Waals surface area contributed by atoms with Crippen molar-refractivity contribution >= 4 is 38.9 Å². The number of carbonyl (C=O) groups is 1. The van der Waals surface area contributed by atoms with Crippen LogP contribution in [-0.2, 0) is 21.2 Å². The van der Waals surface area contributed by atoms with Gasteiger partial charge in [-0.3, -0.25) is 4.79 Å². The van der Waals surface area contributed by atoms with Crippen LogP contribution in [0.3, 0.4) is 0 Å². The van der Waals surface area contributed by atoms with E-state index in [1.165, 1.54) is 6.07 Å². The summed E-state index contributed by atoms with van der Waals surface area (Å²) in [6.07, 6.45) is 0.577. The summed E-state index contributed by atoms with van der Waals surface area (Å²) in [6, 6.07) is 9.76. The summed E-state index contributed by atoms with van der Waals surface area (Å²) in [5.41, 5.74) is 0.935. The summed E-state index contributed by atoms with van der Waals surface area (Å²) in [5.74, 6) is -0.530. The largest absolute Gasteiger partial charge is 0.354 e. The number of sulfonamides is 1. The van der Waals surface area contributed by atoms with Crippen LogP contribution in [-0.4, -0.2) is 26.9 Å². The first-order valence-electron chi connectivity index (χ1n) is 7.88. The van der Waals surface area contributed by atoms with Gasteiger partial charge in [0.15, 0.2) is 0 Å². The second-order valence-corrected chi connectivity index (χ2v) is 9.20. The minimum absolute atomic E-state index is 0.185. The second-order valence-electron chi connectivity index (χ2n) is 5.91. The molecule has 0 aliphatic rings. The van der Waals surface area contributed by atoms with Crippen LogP contribution in [0, 0.1) is 5.92 Å². The molecule has 136 valence electrons. The average molecular weight is 401 g/mol. The molecular weight excluding hydrogens is 380 g/mol. The van der Waals surface area contributed by atoms with E-state index in [0.717, 1.165) is 16.9 Å². The zero-order chi connectivity index (χ0) is 18.4. The van der Waals surface area contributed by atoms with Gasteiger partial charge in [0.05, 0.1) is 0 Å². The fraction of sp³-hybridized carbons (Fsp3) is 0.353. The van der Waals surface area contributed by atoms with Crippen LogP contribution >= 0.6 is 22.9 Å². The Bertz CT molecular complexity index is 805. The van der Waals surface area contributed by atoms with Gasteiger partial charge in [-0.25, -0.2) is 8.42 Å². The highest BCUT2D eigenvalue weighted by Gasteiger charge is 2.28. The molecule has 1 heterocycles. The molecule has 0 spiro atoms. The van der Waals surface area contributed by atoms with Gasteiger partial charge in [0.2, 0.25) is 5.91 Å². The minimum atomic E-state index is -3.70. The van der Waals surface area contributed by atoms with Gasteiger partial charge < -0.3 is 5.32 Å². The number of benzene rings is 1. The van der Waals surface area contributed by atoms with E-state index in [-0.39, 0.29) is 16.0 Å². The molecule has 0 aliphatic carbocycles. The van der Waals surface area contributed by atoms with Crippen LogP contribution in [0.15, 0.2) is 46.0 Å². The van der Waals surface area contributed by atoms with E-state index in [1.807, 2.05) is 18.2 Å². The highest BCUT2D eigenvalue weighted by Crippen LogP contribution is 2.18. The Balaban J connectivity index is 1.98. The molecule has 2 aromatic rings. The maximum atomic E-state index is 12.4. The van der Waals surface area contributed by atoms with Crippen molar-refractivity contribution in [3.8, 4) is 0 Å². The third-order valence-electron chi connectivity index (χ3n) is 3.64. The van der Waals surface area contributed by atoms with Crippen LogP contribution in [0.2, 0.25) is 5.02 Å². The van der Waals surface area contributed by atoms with Crippen molar-refractivity contribution in [2.45, 2.75) is 30.5 Å². The summed E-state index contributed by atoms with van der Waals surface area (Å²) >= 11 is 7.21. The van der Waals surface area contributed by atoms with Crippen molar-refractivity contribution in [1.29, 1.82) is 0 Å². The lowest BCUT2D eigenvalue weighted by atomic mass is 10.0. The van der Waals surface area contributed by atoms with Gasteiger partial charge in [-0.15, -0.1) is 11.3 Å². The Hall–Kier alpha value is -1.41. The molecule has 1 unspecified atom stereocenters. The average Bonchev–Trinajstić information content (AvgIpc) is 3.09. The van der Waals surface area contributed by atoms with Gasteiger partial charge in [-0.05, 0) is 35.4 Å². The van der Waals surface area contributed by atoms with Crippen LogP contribution in [0.5, 0.6) is 0 Å². The number of thiophene rings is 1. The third-order valence-corrected chi connectivity index (χ3v) is 6.85. The quantitative estimate of drug-likeness (QED) is 0.715. The molecule has 0 radical (unpaired) electrons. The topological polar surface area (TPSA) is 75.3 Å². The van der Waals surface area contributed by atoms with Gasteiger partial charge >= 0.3 is 0 Å². The SMILES string of the molecule is CC(C)C(NS(=O)(=O)c1cccs1)C(=O)NCCc1ccccc1Cl. The first-order valence-corrected chi connectivity index (χ1v) is 10.6. The van der Waals surface area contributed by atoms with E-state index < -0.39 is 16.1 Å². The molecule has 2 N–H and O–H groups in total. The summed E-state index contributed by atoms with van der Waals surface area (Å²) in [5, 5.41) is 5.12. The normalized spacial score (nSPS) is 13.0. The van der Waals surface area contributed by atoms with Gasteiger partial charge in [0.1, 0.15) is 10.3 Å². The first-order chi connectivity index (χ1) is 11.8. The summed E-state index contributed by atoms with van der Waals surface area (Å²) in [6.45, 7) is 3.98. The van der Waals surface area contributed by atoms with E-state index in [0.29, 0.717) is 18.0 Å². The lowest BCUT2D eigenvalue weighted by Gasteiger charge is -2.21. The van der Waals surface area contributed by atoms with Gasteiger partial charge in [0.25, 0.3) is 10.0 Å². The Morgan fingerprint density at radius 3 is 2.52 bits per heavy atom. The monoisotopic (exact) mass is 400 g/mol. The zero-order valence-electron chi connectivity index (χ0n) is 14.0. The maximum absolute atomic E-state index is 12.4. The minimum Gasteiger partial charge on any atom is -0.354 e. The maximum Gasteiger partial charge on any atom is 0.250 e. The lowest BCUT2D eigenvalue weighted by Crippen LogP contribution is -2.49. The van der Waals surface area contributed by atoms with Crippen LogP contribution in [0.25, 0.3) is 0 Å². The van der Waals surface area contributed by atoms with Crippen molar-refractivity contribution < 1.29 is 13.2 Å². The highest BCUT2D eigenvalue weighted by molar-refractivity contribution is 7.91. The van der Waals surface area contributed by atoms with Crippen molar-refractivity contribution in [2.75, 3.05) is 6.54 Å². The first kappa shape index (κ1) is 19.9. The molecule has 0 bridgehead atoms. The van der Waals surface area contributed by atoms with Crippen molar-refractivity contribution in [1.82, 2.24) is 10.0 Å². The fourth-order valence-electron chi connectivity index (χ4n) is 2.27. The number of hydrogen-bond donors (Lipinski definition) is 2. The van der Waals surface area contributed by atoms with E-state index >= 15 is 0 Å². The number of halogens is 1. The van der Waals surface area contributed by atoms with Gasteiger partial charge in [-0.1, -0.05) is 49.7 Å². The molecule has 5 nitrogen and oxygen atoms in total. The smallest absolute Gasteiger partial charge is 0.250 e. The number of carbonyl (C=O) groups excluding carboxylic acids is 1. The molecule has 0 aliphatic heterocycles. The van der Waals surface area contributed by atoms with Crippen LogP contribution in [0.4, 0.5) is 0 Å². The fourth-order valence-corrected chi connectivity index (χ4v) is 4.85. The molecule has 8 heteroatoms. The van der Waals surface area contributed by atoms with E-state index in [2.05, 4.69) is 10.0 Å². The zero-order valence-corrected chi connectivity index (χ0v) is 16.4. The number of hydrogen-bond acceptors (Lipinski definition) is 4. The molecule has 1 aromatic heterocycles. The predicted molar refractivity (Wildman–Crippen MR) is 101 cm³/mol. The Labute approximate surface area is 157 Å². The Morgan fingerprint density at radius 2 is 1.92 bits per heavy atom. The Morgan fingerprint density at radius 1 is 1.20 bits per heavy atom. The number of amides is 1. The molecule has 2 rings (SSSR count).